The summed E-state index contributed by atoms with van der Waals surface area (Å²) < 4.78 is 0. The maximum absolute atomic E-state index is 4.48. The van der Waals surface area contributed by atoms with Crippen LogP contribution in [-0.2, 0) is 18.5 Å². The number of rotatable bonds is 15. The quantitative estimate of drug-likeness (QED) is 0.0898. The van der Waals surface area contributed by atoms with Crippen LogP contribution in [0.3, 0.4) is 0 Å². The van der Waals surface area contributed by atoms with Crippen molar-refractivity contribution in [1.29, 1.82) is 0 Å². The molecule has 0 unspecified atom stereocenters. The monoisotopic (exact) mass is 1300 g/mol. The van der Waals surface area contributed by atoms with Crippen LogP contribution >= 0.6 is 62.4 Å². The molecule has 0 heterocycles. The average Bonchev–Trinajstić information content (AvgIpc) is 3.73. The van der Waals surface area contributed by atoms with Crippen molar-refractivity contribution in [2.75, 3.05) is 0 Å². The van der Waals surface area contributed by atoms with Crippen LogP contribution in [0.5, 0.6) is 0 Å². The Bertz CT molecular complexity index is 3110. The van der Waals surface area contributed by atoms with Crippen molar-refractivity contribution in [1.82, 2.24) is 0 Å². The standard InChI is InChI=1S/3C25H22BrP/c3*26-27(23-15-7-2-8-16-23,24-17-9-3-10-18-24,25-19-11-4-12-20-25)21-22-13-5-1-6-14-22/h3*1-20H,21H2. The molecule has 402 valence electrons. The third kappa shape index (κ3) is 11.6. The van der Waals surface area contributed by atoms with E-state index < -0.39 is 15.9 Å². The van der Waals surface area contributed by atoms with Gasteiger partial charge in [0.1, 0.15) is 0 Å². The Kier molecular flexibility index (Phi) is 18.2. The minimum atomic E-state index is -2.87. The van der Waals surface area contributed by atoms with Crippen LogP contribution < -0.4 is 47.7 Å². The molecular weight excluding hydrogens is 1230 g/mol. The molecule has 0 bridgehead atoms. The molecule has 0 aromatic heterocycles. The molecule has 0 N–H and O–H groups in total. The van der Waals surface area contributed by atoms with Crippen molar-refractivity contribution >= 4 is 110 Å². The van der Waals surface area contributed by atoms with Gasteiger partial charge in [-0.3, -0.25) is 0 Å². The molecule has 0 saturated heterocycles. The predicted molar refractivity (Wildman–Crippen MR) is 373 cm³/mol. The van der Waals surface area contributed by atoms with E-state index in [9.17, 15) is 0 Å². The van der Waals surface area contributed by atoms with Crippen molar-refractivity contribution < 1.29 is 0 Å². The van der Waals surface area contributed by atoms with Crippen LogP contribution in [0.25, 0.3) is 0 Å². The van der Waals surface area contributed by atoms with Crippen molar-refractivity contribution in [3.63, 3.8) is 0 Å². The number of halogens is 3. The van der Waals surface area contributed by atoms with E-state index >= 15 is 0 Å². The second-order valence-electron chi connectivity index (χ2n) is 20.5. The molecule has 0 aliphatic heterocycles. The Morgan fingerprint density at radius 3 is 0.358 bits per heavy atom. The number of hydrogen-bond acceptors (Lipinski definition) is 0. The Morgan fingerprint density at radius 1 is 0.148 bits per heavy atom. The summed E-state index contributed by atoms with van der Waals surface area (Å²) in [4.78, 5) is 0. The van der Waals surface area contributed by atoms with Gasteiger partial charge in [-0.1, -0.05) is 0 Å². The fourth-order valence-electron chi connectivity index (χ4n) is 11.6. The first-order valence-electron chi connectivity index (χ1n) is 27.5. The fraction of sp³-hybridized carbons (Fsp3) is 0.0400. The van der Waals surface area contributed by atoms with Crippen molar-refractivity contribution in [3.05, 3.63) is 381 Å². The molecule has 0 spiro atoms. The van der Waals surface area contributed by atoms with Crippen LogP contribution in [0.15, 0.2) is 364 Å². The fourth-order valence-corrected chi connectivity index (χ4v) is 34.7. The van der Waals surface area contributed by atoms with Gasteiger partial charge in [0, 0.05) is 0 Å². The molecule has 12 aromatic rings. The van der Waals surface area contributed by atoms with Crippen LogP contribution in [-0.4, -0.2) is 0 Å². The van der Waals surface area contributed by atoms with Gasteiger partial charge in [-0.15, -0.1) is 0 Å². The zero-order chi connectivity index (χ0) is 55.8. The van der Waals surface area contributed by atoms with Gasteiger partial charge in [0.2, 0.25) is 0 Å². The van der Waals surface area contributed by atoms with Gasteiger partial charge in [0.15, 0.2) is 0 Å². The van der Waals surface area contributed by atoms with Gasteiger partial charge in [0.25, 0.3) is 0 Å². The molecule has 6 heteroatoms. The summed E-state index contributed by atoms with van der Waals surface area (Å²) in [6, 6.07) is 131. The van der Waals surface area contributed by atoms with E-state index in [1.807, 2.05) is 0 Å². The maximum atomic E-state index is 4.48. The Balaban J connectivity index is 0.000000136. The first-order valence-corrected chi connectivity index (χ1v) is 40.8. The molecule has 0 nitrogen and oxygen atoms in total. The van der Waals surface area contributed by atoms with Gasteiger partial charge in [0.05, 0.1) is 0 Å². The van der Waals surface area contributed by atoms with Crippen LogP contribution in [0.1, 0.15) is 16.7 Å². The van der Waals surface area contributed by atoms with Crippen molar-refractivity contribution in [2.45, 2.75) is 18.5 Å². The predicted octanol–water partition coefficient (Wildman–Crippen LogP) is 18.1. The SMILES string of the molecule is BrP(Cc1ccccc1)(c1ccccc1)(c1ccccc1)c1ccccc1.BrP(Cc1ccccc1)(c1ccccc1)(c1ccccc1)c1ccccc1.BrP(Cc1ccccc1)(c1ccccc1)(c1ccccc1)c1ccccc1. The second kappa shape index (κ2) is 25.7. The van der Waals surface area contributed by atoms with E-state index in [1.165, 1.54) is 64.4 Å². The van der Waals surface area contributed by atoms with Gasteiger partial charge >= 0.3 is 509 Å². The molecule has 81 heavy (non-hydrogen) atoms. The summed E-state index contributed by atoms with van der Waals surface area (Å²) in [7, 11) is 0. The molecule has 0 fully saturated rings. The molecule has 0 aliphatic carbocycles. The van der Waals surface area contributed by atoms with Crippen LogP contribution in [0.4, 0.5) is 0 Å². The zero-order valence-corrected chi connectivity index (χ0v) is 52.7. The molecule has 12 rings (SSSR count). The molecule has 12 aromatic carbocycles. The van der Waals surface area contributed by atoms with E-state index in [-0.39, 0.29) is 0 Å². The Morgan fingerprint density at radius 2 is 0.247 bits per heavy atom. The first-order chi connectivity index (χ1) is 39.6. The number of benzene rings is 12. The molecule has 0 atom stereocenters. The van der Waals surface area contributed by atoms with Crippen molar-refractivity contribution in [2.24, 2.45) is 0 Å². The third-order valence-electron chi connectivity index (χ3n) is 15.6. The Labute approximate surface area is 505 Å². The minimum absolute atomic E-state index is 0.935. The summed E-state index contributed by atoms with van der Waals surface area (Å²) in [5.74, 6) is 0. The molecule has 0 radical (unpaired) electrons. The summed E-state index contributed by atoms with van der Waals surface area (Å²) in [5.41, 5.74) is 4.01. The van der Waals surface area contributed by atoms with Gasteiger partial charge in [-0.2, -0.15) is 0 Å². The first kappa shape index (κ1) is 57.6. The summed E-state index contributed by atoms with van der Waals surface area (Å²) in [6.45, 7) is 0. The Hall–Kier alpha value is -6.63. The third-order valence-corrected chi connectivity index (χ3v) is 44.2. The van der Waals surface area contributed by atoms with E-state index in [1.54, 1.807) is 0 Å². The van der Waals surface area contributed by atoms with Crippen molar-refractivity contribution in [3.8, 4) is 0 Å². The summed E-state index contributed by atoms with van der Waals surface area (Å²) >= 11 is 13.5. The van der Waals surface area contributed by atoms with E-state index in [4.69, 9.17) is 0 Å². The normalized spacial score (nSPS) is 12.9. The molecular formula is C75H66Br3P3. The zero-order valence-electron chi connectivity index (χ0n) is 45.2. The van der Waals surface area contributed by atoms with Gasteiger partial charge in [-0.05, 0) is 0 Å². The molecule has 0 amide bonds. The van der Waals surface area contributed by atoms with Crippen LogP contribution in [0.2, 0.25) is 0 Å². The van der Waals surface area contributed by atoms with Gasteiger partial charge < -0.3 is 0 Å². The summed E-state index contributed by atoms with van der Waals surface area (Å²) in [5, 5.41) is 3.57. The molecule has 0 saturated carbocycles. The average molecular weight is 1300 g/mol. The van der Waals surface area contributed by atoms with E-state index in [0.717, 1.165) is 18.5 Å². The van der Waals surface area contributed by atoms with E-state index in [2.05, 4.69) is 410 Å². The van der Waals surface area contributed by atoms with E-state index in [0.29, 0.717) is 0 Å². The molecule has 0 aliphatic rings. The van der Waals surface area contributed by atoms with Crippen LogP contribution in [0, 0.1) is 0 Å². The second-order valence-corrected chi connectivity index (χ2v) is 47.3. The van der Waals surface area contributed by atoms with Gasteiger partial charge in [-0.25, -0.2) is 0 Å². The topological polar surface area (TPSA) is 0 Å². The number of hydrogen-bond donors (Lipinski definition) is 0. The summed E-state index contributed by atoms with van der Waals surface area (Å²) in [6.07, 6.45) is 2.80.